The van der Waals surface area contributed by atoms with E-state index in [0.29, 0.717) is 0 Å². The Morgan fingerprint density at radius 2 is 1.93 bits per heavy atom. The second kappa shape index (κ2) is 5.01. The average Bonchev–Trinajstić information content (AvgIpc) is 2.42. The molecule has 0 aromatic carbocycles. The van der Waals surface area contributed by atoms with Crippen molar-refractivity contribution in [3.63, 3.8) is 0 Å². The predicted molar refractivity (Wildman–Crippen MR) is 47.6 cm³/mol. The van der Waals surface area contributed by atoms with Crippen molar-refractivity contribution in [2.24, 2.45) is 0 Å². The molecule has 1 saturated heterocycles. The van der Waals surface area contributed by atoms with Gasteiger partial charge in [0.25, 0.3) is 0 Å². The summed E-state index contributed by atoms with van der Waals surface area (Å²) in [6, 6.07) is -0.564. The van der Waals surface area contributed by atoms with Crippen LogP contribution in [-0.2, 0) is 0 Å². The monoisotopic (exact) mass is 207 g/mol. The molecule has 0 radical (unpaired) electrons. The van der Waals surface area contributed by atoms with Gasteiger partial charge >= 0.3 is 0 Å². The highest BCUT2D eigenvalue weighted by atomic mass is 16.3. The first kappa shape index (κ1) is 11.8. The highest BCUT2D eigenvalue weighted by molar-refractivity contribution is 4.93. The molecule has 84 valence electrons. The molecule has 6 nitrogen and oxygen atoms in total. The first-order chi connectivity index (χ1) is 6.60. The molecule has 0 aromatic heterocycles. The molecule has 0 aliphatic carbocycles. The molecule has 5 N–H and O–H groups in total. The number of hydrogen-bond acceptors (Lipinski definition) is 6. The smallest absolute Gasteiger partial charge is 0.0988 e. The van der Waals surface area contributed by atoms with Gasteiger partial charge in [-0.05, 0) is 0 Å². The maximum atomic E-state index is 9.42. The molecule has 2 unspecified atom stereocenters. The van der Waals surface area contributed by atoms with Gasteiger partial charge < -0.3 is 25.5 Å². The van der Waals surface area contributed by atoms with E-state index in [1.807, 2.05) is 0 Å². The van der Waals surface area contributed by atoms with E-state index in [2.05, 4.69) is 0 Å². The molecule has 6 heteroatoms. The Kier molecular flexibility index (Phi) is 4.24. The van der Waals surface area contributed by atoms with E-state index in [1.54, 1.807) is 4.90 Å². The van der Waals surface area contributed by atoms with Crippen LogP contribution in [0.2, 0.25) is 0 Å². The van der Waals surface area contributed by atoms with E-state index in [1.165, 1.54) is 0 Å². The van der Waals surface area contributed by atoms with E-state index in [4.69, 9.17) is 15.3 Å². The Morgan fingerprint density at radius 1 is 1.29 bits per heavy atom. The van der Waals surface area contributed by atoms with Crippen LogP contribution < -0.4 is 0 Å². The molecular formula is C8H17NO5. The average molecular weight is 207 g/mol. The minimum atomic E-state index is -0.995. The molecule has 4 atom stereocenters. The van der Waals surface area contributed by atoms with Crippen LogP contribution in [0.3, 0.4) is 0 Å². The van der Waals surface area contributed by atoms with Gasteiger partial charge in [-0.2, -0.15) is 0 Å². The van der Waals surface area contributed by atoms with Crippen molar-refractivity contribution < 1.29 is 25.5 Å². The molecule has 1 rings (SSSR count). The standard InChI is InChI=1S/C8H17NO5/c10-3-5(12)1-9-2-7(13)8(14)6(9)4-11/h5-8,10-14H,1-4H2/t5?,6-,7?,8-/m0/s1. The molecular weight excluding hydrogens is 190 g/mol. The third-order valence-corrected chi connectivity index (χ3v) is 2.52. The molecule has 0 amide bonds. The third kappa shape index (κ3) is 2.41. The SMILES string of the molecule is OCC(O)CN1CC(O)[C@@H](O)[C@@H]1CO. The van der Waals surface area contributed by atoms with Crippen LogP contribution >= 0.6 is 0 Å². The molecule has 1 aliphatic rings. The van der Waals surface area contributed by atoms with Crippen molar-refractivity contribution in [1.29, 1.82) is 0 Å². The van der Waals surface area contributed by atoms with E-state index >= 15 is 0 Å². The van der Waals surface area contributed by atoms with Gasteiger partial charge in [-0.3, -0.25) is 4.90 Å². The molecule has 0 bridgehead atoms. The van der Waals surface area contributed by atoms with Gasteiger partial charge in [-0.15, -0.1) is 0 Å². The third-order valence-electron chi connectivity index (χ3n) is 2.52. The highest BCUT2D eigenvalue weighted by Gasteiger charge is 2.39. The Bertz CT molecular complexity index is 179. The van der Waals surface area contributed by atoms with Crippen LogP contribution in [0.1, 0.15) is 0 Å². The highest BCUT2D eigenvalue weighted by Crippen LogP contribution is 2.18. The van der Waals surface area contributed by atoms with Crippen molar-refractivity contribution in [1.82, 2.24) is 4.90 Å². The van der Waals surface area contributed by atoms with Crippen LogP contribution in [0.4, 0.5) is 0 Å². The summed E-state index contributed by atoms with van der Waals surface area (Å²) in [7, 11) is 0. The van der Waals surface area contributed by atoms with Gasteiger partial charge in [0.1, 0.15) is 0 Å². The Morgan fingerprint density at radius 3 is 2.43 bits per heavy atom. The molecule has 14 heavy (non-hydrogen) atoms. The van der Waals surface area contributed by atoms with Crippen LogP contribution in [0.25, 0.3) is 0 Å². The fourth-order valence-electron chi connectivity index (χ4n) is 1.72. The van der Waals surface area contributed by atoms with E-state index in [-0.39, 0.29) is 26.3 Å². The van der Waals surface area contributed by atoms with Crippen LogP contribution in [0, 0.1) is 0 Å². The van der Waals surface area contributed by atoms with Gasteiger partial charge in [0.05, 0.1) is 37.6 Å². The first-order valence-corrected chi connectivity index (χ1v) is 4.60. The summed E-state index contributed by atoms with van der Waals surface area (Å²) in [5.74, 6) is 0. The number of aliphatic hydroxyl groups excluding tert-OH is 5. The summed E-state index contributed by atoms with van der Waals surface area (Å²) in [6.45, 7) is -0.323. The first-order valence-electron chi connectivity index (χ1n) is 4.60. The van der Waals surface area contributed by atoms with E-state index in [9.17, 15) is 10.2 Å². The lowest BCUT2D eigenvalue weighted by molar-refractivity contribution is 0.0104. The quantitative estimate of drug-likeness (QED) is 0.331. The topological polar surface area (TPSA) is 104 Å². The summed E-state index contributed by atoms with van der Waals surface area (Å²) in [5.41, 5.74) is 0. The number of aliphatic hydroxyl groups is 5. The normalized spacial score (nSPS) is 36.2. The molecule has 1 heterocycles. The molecule has 0 aromatic rings. The number of β-amino-alcohol motifs (C(OH)–C–C–N with tert-alkyl or cyclic N) is 2. The lowest BCUT2D eigenvalue weighted by atomic mass is 10.1. The maximum Gasteiger partial charge on any atom is 0.0988 e. The van der Waals surface area contributed by atoms with Crippen molar-refractivity contribution in [2.45, 2.75) is 24.4 Å². The van der Waals surface area contributed by atoms with E-state index < -0.39 is 24.4 Å². The van der Waals surface area contributed by atoms with Crippen molar-refractivity contribution in [2.75, 3.05) is 26.3 Å². The molecule has 1 aliphatic heterocycles. The minimum Gasteiger partial charge on any atom is -0.395 e. The van der Waals surface area contributed by atoms with Crippen molar-refractivity contribution in [3.05, 3.63) is 0 Å². The molecule has 1 fully saturated rings. The summed E-state index contributed by atoms with van der Waals surface area (Å²) < 4.78 is 0. The fourth-order valence-corrected chi connectivity index (χ4v) is 1.72. The van der Waals surface area contributed by atoms with Crippen molar-refractivity contribution >= 4 is 0 Å². The summed E-state index contributed by atoms with van der Waals surface area (Å²) in [4.78, 5) is 1.57. The largest absolute Gasteiger partial charge is 0.395 e. The second-order valence-electron chi connectivity index (χ2n) is 3.60. The van der Waals surface area contributed by atoms with Crippen molar-refractivity contribution in [3.8, 4) is 0 Å². The van der Waals surface area contributed by atoms with Gasteiger partial charge in [0.15, 0.2) is 0 Å². The van der Waals surface area contributed by atoms with Crippen LogP contribution in [0.5, 0.6) is 0 Å². The van der Waals surface area contributed by atoms with Crippen LogP contribution in [-0.4, -0.2) is 81.1 Å². The van der Waals surface area contributed by atoms with Gasteiger partial charge in [-0.1, -0.05) is 0 Å². The zero-order valence-corrected chi connectivity index (χ0v) is 7.82. The molecule has 0 spiro atoms. The van der Waals surface area contributed by atoms with E-state index in [0.717, 1.165) is 0 Å². The lowest BCUT2D eigenvalue weighted by Gasteiger charge is -2.25. The Balaban J connectivity index is 2.52. The maximum absolute atomic E-state index is 9.42. The van der Waals surface area contributed by atoms with Gasteiger partial charge in [0, 0.05) is 13.1 Å². The van der Waals surface area contributed by atoms with Gasteiger partial charge in [0.2, 0.25) is 0 Å². The second-order valence-corrected chi connectivity index (χ2v) is 3.60. The minimum absolute atomic E-state index is 0.135. The number of likely N-dealkylation sites (tertiary alicyclic amines) is 1. The lowest BCUT2D eigenvalue weighted by Crippen LogP contribution is -2.43. The number of hydrogen-bond donors (Lipinski definition) is 5. The zero-order chi connectivity index (χ0) is 10.7. The summed E-state index contributed by atoms with van der Waals surface area (Å²) in [6.07, 6.45) is -2.81. The van der Waals surface area contributed by atoms with Gasteiger partial charge in [-0.25, -0.2) is 0 Å². The van der Waals surface area contributed by atoms with Crippen LogP contribution in [0.15, 0.2) is 0 Å². The number of nitrogens with zero attached hydrogens (tertiary/aromatic N) is 1. The summed E-state index contributed by atoms with van der Waals surface area (Å²) >= 11 is 0. The zero-order valence-electron chi connectivity index (χ0n) is 7.82. The number of rotatable bonds is 4. The molecule has 0 saturated carbocycles. The summed E-state index contributed by atoms with van der Waals surface area (Å²) in [5, 5.41) is 45.5. The fraction of sp³-hybridized carbons (Fsp3) is 1.00. The predicted octanol–water partition coefficient (Wildman–Crippen LogP) is -3.26. The Hall–Kier alpha value is -0.240. The Labute approximate surface area is 82.0 Å².